The SMILES string of the molecule is COc1c(C)cnc(CC(O)c2cccc(I)c2)c1C. The Morgan fingerprint density at radius 2 is 2.10 bits per heavy atom. The molecule has 0 amide bonds. The van der Waals surface area contributed by atoms with E-state index in [4.69, 9.17) is 4.74 Å². The van der Waals surface area contributed by atoms with E-state index in [1.54, 1.807) is 13.3 Å². The number of halogens is 1. The number of ether oxygens (including phenoxy) is 1. The molecule has 0 saturated heterocycles. The van der Waals surface area contributed by atoms with E-state index in [2.05, 4.69) is 27.6 Å². The van der Waals surface area contributed by atoms with Gasteiger partial charge >= 0.3 is 0 Å². The maximum absolute atomic E-state index is 10.4. The normalized spacial score (nSPS) is 12.2. The summed E-state index contributed by atoms with van der Waals surface area (Å²) in [5.74, 6) is 0.852. The van der Waals surface area contributed by atoms with Crippen molar-refractivity contribution in [2.24, 2.45) is 0 Å². The fourth-order valence-electron chi connectivity index (χ4n) is 2.29. The van der Waals surface area contributed by atoms with Gasteiger partial charge in [0.25, 0.3) is 0 Å². The zero-order chi connectivity index (χ0) is 14.7. The van der Waals surface area contributed by atoms with E-state index < -0.39 is 6.10 Å². The van der Waals surface area contributed by atoms with Crippen molar-refractivity contribution in [3.8, 4) is 5.75 Å². The largest absolute Gasteiger partial charge is 0.496 e. The molecule has 1 N–H and O–H groups in total. The number of hydrogen-bond donors (Lipinski definition) is 1. The first kappa shape index (κ1) is 15.3. The summed E-state index contributed by atoms with van der Waals surface area (Å²) in [5, 5.41) is 10.4. The zero-order valence-corrected chi connectivity index (χ0v) is 14.0. The average molecular weight is 383 g/mol. The van der Waals surface area contributed by atoms with Crippen LogP contribution in [0, 0.1) is 17.4 Å². The molecule has 1 aromatic carbocycles. The van der Waals surface area contributed by atoms with Gasteiger partial charge in [0, 0.05) is 33.0 Å². The quantitative estimate of drug-likeness (QED) is 0.821. The Bertz CT molecular complexity index is 613. The molecule has 0 bridgehead atoms. The molecule has 0 aliphatic rings. The second-order valence-electron chi connectivity index (χ2n) is 4.82. The number of pyridine rings is 1. The number of aliphatic hydroxyl groups is 1. The van der Waals surface area contributed by atoms with Crippen LogP contribution >= 0.6 is 22.6 Å². The predicted octanol–water partition coefficient (Wildman–Crippen LogP) is 3.59. The molecule has 0 fully saturated rings. The molecule has 1 unspecified atom stereocenters. The standard InChI is InChI=1S/C16H18INO2/c1-10-9-18-14(11(2)16(10)20-3)8-15(19)12-5-4-6-13(17)7-12/h4-7,9,15,19H,8H2,1-3H3. The lowest BCUT2D eigenvalue weighted by molar-refractivity contribution is 0.177. The summed E-state index contributed by atoms with van der Waals surface area (Å²) in [6.07, 6.45) is 1.73. The summed E-state index contributed by atoms with van der Waals surface area (Å²) < 4.78 is 6.52. The van der Waals surface area contributed by atoms with E-state index in [1.807, 2.05) is 38.1 Å². The molecule has 20 heavy (non-hydrogen) atoms. The van der Waals surface area contributed by atoms with Crippen molar-refractivity contribution >= 4 is 22.6 Å². The topological polar surface area (TPSA) is 42.4 Å². The molecule has 3 nitrogen and oxygen atoms in total. The van der Waals surface area contributed by atoms with Crippen molar-refractivity contribution in [1.82, 2.24) is 4.98 Å². The average Bonchev–Trinajstić information content (AvgIpc) is 2.42. The molecule has 4 heteroatoms. The molecular formula is C16H18INO2. The van der Waals surface area contributed by atoms with Crippen LogP contribution in [0.25, 0.3) is 0 Å². The van der Waals surface area contributed by atoms with Gasteiger partial charge in [-0.2, -0.15) is 0 Å². The Hall–Kier alpha value is -1.14. The third-order valence-electron chi connectivity index (χ3n) is 3.37. The molecule has 1 aromatic heterocycles. The third kappa shape index (κ3) is 3.30. The lowest BCUT2D eigenvalue weighted by Gasteiger charge is -2.15. The molecule has 2 aromatic rings. The molecule has 2 rings (SSSR count). The lowest BCUT2D eigenvalue weighted by Crippen LogP contribution is -2.07. The first-order chi connectivity index (χ1) is 9.52. The number of methoxy groups -OCH3 is 1. The summed E-state index contributed by atoms with van der Waals surface area (Å²) in [4.78, 5) is 4.43. The van der Waals surface area contributed by atoms with E-state index in [0.29, 0.717) is 6.42 Å². The monoisotopic (exact) mass is 383 g/mol. The summed E-state index contributed by atoms with van der Waals surface area (Å²) in [7, 11) is 1.66. The Morgan fingerprint density at radius 3 is 2.75 bits per heavy atom. The van der Waals surface area contributed by atoms with Crippen LogP contribution in [0.3, 0.4) is 0 Å². The first-order valence-electron chi connectivity index (χ1n) is 6.45. The first-order valence-corrected chi connectivity index (χ1v) is 7.53. The van der Waals surface area contributed by atoms with Crippen molar-refractivity contribution < 1.29 is 9.84 Å². The number of aliphatic hydroxyl groups excluding tert-OH is 1. The highest BCUT2D eigenvalue weighted by Gasteiger charge is 2.15. The van der Waals surface area contributed by atoms with E-state index in [1.165, 1.54) is 0 Å². The van der Waals surface area contributed by atoms with Gasteiger partial charge in [-0.1, -0.05) is 12.1 Å². The van der Waals surface area contributed by atoms with Gasteiger partial charge < -0.3 is 9.84 Å². The van der Waals surface area contributed by atoms with E-state index >= 15 is 0 Å². The molecule has 0 radical (unpaired) electrons. The third-order valence-corrected chi connectivity index (χ3v) is 4.04. The van der Waals surface area contributed by atoms with E-state index in [9.17, 15) is 5.11 Å². The Morgan fingerprint density at radius 1 is 1.35 bits per heavy atom. The molecule has 0 saturated carbocycles. The second-order valence-corrected chi connectivity index (χ2v) is 6.07. The molecule has 0 aliphatic carbocycles. The van der Waals surface area contributed by atoms with Gasteiger partial charge in [0.05, 0.1) is 13.2 Å². The molecule has 0 aliphatic heterocycles. The number of hydrogen-bond acceptors (Lipinski definition) is 3. The van der Waals surface area contributed by atoms with Gasteiger partial charge in [-0.3, -0.25) is 4.98 Å². The second kappa shape index (κ2) is 6.54. The Kier molecular flexibility index (Phi) is 4.99. The van der Waals surface area contributed by atoms with Gasteiger partial charge in [-0.05, 0) is 54.1 Å². The maximum Gasteiger partial charge on any atom is 0.128 e. The minimum absolute atomic E-state index is 0.489. The van der Waals surface area contributed by atoms with Crippen molar-refractivity contribution in [3.63, 3.8) is 0 Å². The number of aromatic nitrogens is 1. The van der Waals surface area contributed by atoms with Crippen molar-refractivity contribution in [3.05, 3.63) is 56.4 Å². The van der Waals surface area contributed by atoms with Gasteiger partial charge in [0.1, 0.15) is 5.75 Å². The molecule has 106 valence electrons. The highest BCUT2D eigenvalue weighted by Crippen LogP contribution is 2.27. The summed E-state index contributed by atoms with van der Waals surface area (Å²) >= 11 is 2.25. The van der Waals surface area contributed by atoms with Crippen LogP contribution < -0.4 is 4.74 Å². The summed E-state index contributed by atoms with van der Waals surface area (Å²) in [6.45, 7) is 3.95. The van der Waals surface area contributed by atoms with Crippen molar-refractivity contribution in [1.29, 1.82) is 0 Å². The fraction of sp³-hybridized carbons (Fsp3) is 0.312. The van der Waals surface area contributed by atoms with Crippen molar-refractivity contribution in [2.75, 3.05) is 7.11 Å². The van der Waals surface area contributed by atoms with E-state index in [-0.39, 0.29) is 0 Å². The highest BCUT2D eigenvalue weighted by atomic mass is 127. The molecule has 1 heterocycles. The highest BCUT2D eigenvalue weighted by molar-refractivity contribution is 14.1. The van der Waals surface area contributed by atoms with Gasteiger partial charge in [0.15, 0.2) is 0 Å². The van der Waals surface area contributed by atoms with Gasteiger partial charge in [0.2, 0.25) is 0 Å². The van der Waals surface area contributed by atoms with Crippen LogP contribution in [-0.2, 0) is 6.42 Å². The van der Waals surface area contributed by atoms with Crippen LogP contribution in [0.5, 0.6) is 5.75 Å². The predicted molar refractivity (Wildman–Crippen MR) is 88.1 cm³/mol. The Labute approximate surface area is 133 Å². The molecular weight excluding hydrogens is 365 g/mol. The Balaban J connectivity index is 2.26. The number of aryl methyl sites for hydroxylation is 1. The van der Waals surface area contributed by atoms with Gasteiger partial charge in [-0.25, -0.2) is 0 Å². The number of benzene rings is 1. The van der Waals surface area contributed by atoms with Crippen LogP contribution in [0.4, 0.5) is 0 Å². The minimum Gasteiger partial charge on any atom is -0.496 e. The number of rotatable bonds is 4. The minimum atomic E-state index is -0.552. The summed E-state index contributed by atoms with van der Waals surface area (Å²) in [6, 6.07) is 7.89. The smallest absolute Gasteiger partial charge is 0.128 e. The fourth-order valence-corrected chi connectivity index (χ4v) is 2.86. The van der Waals surface area contributed by atoms with Crippen LogP contribution in [-0.4, -0.2) is 17.2 Å². The molecule has 0 spiro atoms. The summed E-state index contributed by atoms with van der Waals surface area (Å²) in [5.41, 5.74) is 3.80. The van der Waals surface area contributed by atoms with Crippen LogP contribution in [0.15, 0.2) is 30.5 Å². The van der Waals surface area contributed by atoms with Crippen molar-refractivity contribution in [2.45, 2.75) is 26.4 Å². The van der Waals surface area contributed by atoms with E-state index in [0.717, 1.165) is 31.7 Å². The molecule has 1 atom stereocenters. The lowest BCUT2D eigenvalue weighted by atomic mass is 10.0. The number of nitrogens with zero attached hydrogens (tertiary/aromatic N) is 1. The maximum atomic E-state index is 10.4. The zero-order valence-electron chi connectivity index (χ0n) is 11.9. The van der Waals surface area contributed by atoms with Gasteiger partial charge in [-0.15, -0.1) is 0 Å². The van der Waals surface area contributed by atoms with Crippen LogP contribution in [0.1, 0.15) is 28.5 Å². The van der Waals surface area contributed by atoms with Crippen LogP contribution in [0.2, 0.25) is 0 Å².